The summed E-state index contributed by atoms with van der Waals surface area (Å²) in [5, 5.41) is 17.7. The molecule has 196 valence electrons. The van der Waals surface area contributed by atoms with E-state index in [2.05, 4.69) is 11.4 Å². The topological polar surface area (TPSA) is 79.9 Å². The average molecular weight is 521 g/mol. The van der Waals surface area contributed by atoms with E-state index in [-0.39, 0.29) is 29.9 Å². The number of benzene rings is 3. The monoisotopic (exact) mass is 520 g/mol. The highest BCUT2D eigenvalue weighted by molar-refractivity contribution is 6.02. The van der Waals surface area contributed by atoms with Gasteiger partial charge < -0.3 is 10.1 Å². The van der Waals surface area contributed by atoms with Crippen LogP contribution < -0.4 is 10.1 Å². The van der Waals surface area contributed by atoms with E-state index in [1.165, 1.54) is 12.5 Å². The van der Waals surface area contributed by atoms with Gasteiger partial charge in [-0.05, 0) is 49.2 Å². The number of carbonyl (C=O) groups excluding carboxylic acids is 1. The van der Waals surface area contributed by atoms with Gasteiger partial charge in [0, 0.05) is 28.9 Å². The van der Waals surface area contributed by atoms with Crippen molar-refractivity contribution in [2.24, 2.45) is 0 Å². The Kier molecular flexibility index (Phi) is 8.13. The Morgan fingerprint density at radius 2 is 1.82 bits per heavy atom. The molecule has 1 aliphatic rings. The summed E-state index contributed by atoms with van der Waals surface area (Å²) in [7, 11) is 0. The Labute approximate surface area is 227 Å². The zero-order chi connectivity index (χ0) is 27.0. The van der Waals surface area contributed by atoms with Crippen molar-refractivity contribution in [1.82, 2.24) is 15.1 Å². The van der Waals surface area contributed by atoms with Crippen LogP contribution in [0.5, 0.6) is 5.75 Å². The van der Waals surface area contributed by atoms with Crippen molar-refractivity contribution in [3.8, 4) is 28.8 Å². The van der Waals surface area contributed by atoms with Crippen LogP contribution in [0.15, 0.2) is 90.6 Å². The third-order valence-corrected chi connectivity index (χ3v) is 6.83. The first kappa shape index (κ1) is 25.9. The first-order chi connectivity index (χ1) is 19.1. The molecule has 0 atom stereocenters. The molecule has 0 bridgehead atoms. The number of hydrogen-bond donors (Lipinski definition) is 1. The summed E-state index contributed by atoms with van der Waals surface area (Å²) >= 11 is 0. The lowest BCUT2D eigenvalue weighted by atomic mass is 9.95. The van der Waals surface area contributed by atoms with Gasteiger partial charge in [-0.3, -0.25) is 4.79 Å². The molecule has 1 aliphatic carbocycles. The second-order valence-corrected chi connectivity index (χ2v) is 9.60. The van der Waals surface area contributed by atoms with Crippen LogP contribution in [-0.4, -0.2) is 21.7 Å². The summed E-state index contributed by atoms with van der Waals surface area (Å²) < 4.78 is 21.7. The van der Waals surface area contributed by atoms with Crippen LogP contribution in [0, 0.1) is 17.1 Å². The highest BCUT2D eigenvalue weighted by Crippen LogP contribution is 2.29. The maximum atomic E-state index is 14.1. The third-order valence-electron chi connectivity index (χ3n) is 6.83. The molecule has 39 heavy (non-hydrogen) atoms. The van der Waals surface area contributed by atoms with Crippen LogP contribution in [0.2, 0.25) is 0 Å². The van der Waals surface area contributed by atoms with E-state index in [1.54, 1.807) is 35.0 Å². The molecule has 1 saturated carbocycles. The van der Waals surface area contributed by atoms with E-state index in [1.807, 2.05) is 54.7 Å². The van der Waals surface area contributed by atoms with E-state index >= 15 is 0 Å². The molecule has 5 rings (SSSR count). The van der Waals surface area contributed by atoms with Gasteiger partial charge in [0.25, 0.3) is 5.91 Å². The normalized spacial score (nSPS) is 14.0. The number of nitrogens with zero attached hydrogens (tertiary/aromatic N) is 3. The second kappa shape index (κ2) is 12.2. The second-order valence-electron chi connectivity index (χ2n) is 9.60. The Hall–Kier alpha value is -4.70. The van der Waals surface area contributed by atoms with Crippen LogP contribution in [0.3, 0.4) is 0 Å². The SMILES string of the molecule is N#CC(=Cc1cn(-c2ccccc2)nc1-c1cccc(OCc2ccccc2F)c1)C(=O)NC1CCCCC1. The number of nitriles is 1. The fraction of sp³-hybridized carbons (Fsp3) is 0.219. The van der Waals surface area contributed by atoms with Gasteiger partial charge in [0.05, 0.1) is 5.69 Å². The van der Waals surface area contributed by atoms with E-state index in [0.29, 0.717) is 22.6 Å². The first-order valence-electron chi connectivity index (χ1n) is 13.1. The van der Waals surface area contributed by atoms with Crippen LogP contribution in [0.1, 0.15) is 43.2 Å². The maximum Gasteiger partial charge on any atom is 0.262 e. The highest BCUT2D eigenvalue weighted by Gasteiger charge is 2.20. The minimum absolute atomic E-state index is 0.0291. The van der Waals surface area contributed by atoms with Gasteiger partial charge in [-0.2, -0.15) is 10.4 Å². The molecule has 1 fully saturated rings. The Balaban J connectivity index is 1.47. The lowest BCUT2D eigenvalue weighted by Gasteiger charge is -2.22. The number of nitrogens with one attached hydrogen (secondary N) is 1. The lowest BCUT2D eigenvalue weighted by Crippen LogP contribution is -2.36. The number of halogens is 1. The zero-order valence-electron chi connectivity index (χ0n) is 21.5. The maximum absolute atomic E-state index is 14.1. The summed E-state index contributed by atoms with van der Waals surface area (Å²) in [6.07, 6.45) is 8.61. The molecule has 0 aliphatic heterocycles. The number of para-hydroxylation sites is 1. The van der Waals surface area contributed by atoms with Gasteiger partial charge in [0.15, 0.2) is 0 Å². The van der Waals surface area contributed by atoms with E-state index in [9.17, 15) is 14.4 Å². The van der Waals surface area contributed by atoms with Gasteiger partial charge >= 0.3 is 0 Å². The highest BCUT2D eigenvalue weighted by atomic mass is 19.1. The van der Waals surface area contributed by atoms with Crippen LogP contribution >= 0.6 is 0 Å². The van der Waals surface area contributed by atoms with Crippen LogP contribution in [0.4, 0.5) is 4.39 Å². The van der Waals surface area contributed by atoms with Crippen LogP contribution in [-0.2, 0) is 11.4 Å². The number of rotatable bonds is 8. The molecule has 0 unspecified atom stereocenters. The molecule has 0 radical (unpaired) electrons. The summed E-state index contributed by atoms with van der Waals surface area (Å²) in [6, 6.07) is 25.6. The number of aromatic nitrogens is 2. The molecule has 0 saturated heterocycles. The molecule has 1 aromatic heterocycles. The molecule has 1 amide bonds. The average Bonchev–Trinajstić information content (AvgIpc) is 3.40. The molecule has 6 nitrogen and oxygen atoms in total. The molecular weight excluding hydrogens is 491 g/mol. The van der Waals surface area contributed by atoms with Crippen LogP contribution in [0.25, 0.3) is 23.0 Å². The molecule has 7 heteroatoms. The molecule has 3 aromatic carbocycles. The van der Waals surface area contributed by atoms with Gasteiger partial charge in [0.2, 0.25) is 0 Å². The third kappa shape index (κ3) is 6.42. The number of hydrogen-bond acceptors (Lipinski definition) is 4. The molecular formula is C32H29FN4O2. The van der Waals surface area contributed by atoms with Crippen molar-refractivity contribution < 1.29 is 13.9 Å². The minimum atomic E-state index is -0.371. The zero-order valence-corrected chi connectivity index (χ0v) is 21.5. The van der Waals surface area contributed by atoms with Crippen molar-refractivity contribution in [2.75, 3.05) is 0 Å². The van der Waals surface area contributed by atoms with E-state index in [4.69, 9.17) is 9.84 Å². The van der Waals surface area contributed by atoms with Crippen molar-refractivity contribution >= 4 is 12.0 Å². The summed E-state index contributed by atoms with van der Waals surface area (Å²) in [5.41, 5.74) is 3.29. The largest absolute Gasteiger partial charge is 0.489 e. The summed E-state index contributed by atoms with van der Waals surface area (Å²) in [5.74, 6) is -0.140. The van der Waals surface area contributed by atoms with Gasteiger partial charge in [-0.25, -0.2) is 9.07 Å². The summed E-state index contributed by atoms with van der Waals surface area (Å²) in [6.45, 7) is 0.0846. The Morgan fingerprint density at radius 3 is 2.59 bits per heavy atom. The van der Waals surface area contributed by atoms with Crippen molar-refractivity contribution in [2.45, 2.75) is 44.8 Å². The van der Waals surface area contributed by atoms with Gasteiger partial charge in [0.1, 0.15) is 35.5 Å². The Bertz CT molecular complexity index is 1510. The van der Waals surface area contributed by atoms with E-state index in [0.717, 1.165) is 36.9 Å². The molecule has 1 N–H and O–H groups in total. The summed E-state index contributed by atoms with van der Waals surface area (Å²) in [4.78, 5) is 13.0. The molecule has 4 aromatic rings. The first-order valence-corrected chi connectivity index (χ1v) is 13.1. The minimum Gasteiger partial charge on any atom is -0.489 e. The van der Waals surface area contributed by atoms with Crippen molar-refractivity contribution in [3.05, 3.63) is 108 Å². The number of carbonyl (C=O) groups is 1. The predicted octanol–water partition coefficient (Wildman–Crippen LogP) is 6.61. The number of amides is 1. The van der Waals surface area contributed by atoms with Crippen molar-refractivity contribution in [1.29, 1.82) is 5.26 Å². The molecule has 1 heterocycles. The Morgan fingerprint density at radius 1 is 1.05 bits per heavy atom. The number of ether oxygens (including phenoxy) is 1. The standard InChI is InChI=1S/C32H29FN4O2/c33-30-17-8-7-10-24(30)22-39-29-16-9-11-23(19-29)31-26(21-37(36-31)28-14-5-2-6-15-28)18-25(20-34)32(38)35-27-12-3-1-4-13-27/h2,5-11,14-19,21,27H,1,3-4,12-13,22H2,(H,35,38). The fourth-order valence-corrected chi connectivity index (χ4v) is 4.75. The van der Waals surface area contributed by atoms with E-state index < -0.39 is 0 Å². The van der Waals surface area contributed by atoms with Gasteiger partial charge in [-0.1, -0.05) is 67.8 Å². The van der Waals surface area contributed by atoms with Gasteiger partial charge in [-0.15, -0.1) is 0 Å². The smallest absolute Gasteiger partial charge is 0.262 e. The predicted molar refractivity (Wildman–Crippen MR) is 148 cm³/mol. The quantitative estimate of drug-likeness (QED) is 0.209. The lowest BCUT2D eigenvalue weighted by molar-refractivity contribution is -0.117. The molecule has 0 spiro atoms. The van der Waals surface area contributed by atoms with Crippen molar-refractivity contribution in [3.63, 3.8) is 0 Å². The fourth-order valence-electron chi connectivity index (χ4n) is 4.75.